The third kappa shape index (κ3) is 3.73. The Labute approximate surface area is 135 Å². The molecule has 1 aromatic carbocycles. The van der Waals surface area contributed by atoms with Crippen molar-refractivity contribution in [1.29, 1.82) is 0 Å². The van der Waals surface area contributed by atoms with E-state index in [0.29, 0.717) is 23.7 Å². The molecule has 0 aliphatic carbocycles. The molecule has 1 heterocycles. The average molecular weight is 396 g/mol. The van der Waals surface area contributed by atoms with Crippen molar-refractivity contribution in [3.05, 3.63) is 44.7 Å². The first-order chi connectivity index (χ1) is 9.42. The Kier molecular flexibility index (Phi) is 5.09. The first-order valence-electron chi connectivity index (χ1n) is 5.69. The maximum absolute atomic E-state index is 12.3. The molecule has 0 saturated carbocycles. The fourth-order valence-corrected chi connectivity index (χ4v) is 4.57. The number of nitrogens with two attached hydrogens (primary N) is 1. The van der Waals surface area contributed by atoms with E-state index < -0.39 is 10.0 Å². The number of nitrogens with one attached hydrogen (secondary N) is 1. The Morgan fingerprint density at radius 2 is 2.05 bits per heavy atom. The summed E-state index contributed by atoms with van der Waals surface area (Å²) in [7, 11) is -3.63. The van der Waals surface area contributed by atoms with Gasteiger partial charge >= 0.3 is 0 Å². The minimum atomic E-state index is -3.63. The second-order valence-corrected chi connectivity index (χ2v) is 8.39. The standard InChI is InChI=1S/C12H12BrClN2O2S2/c13-8-1-3-10(14)11(7-8)16-20(17,18)12-4-2-9(19-12)5-6-15/h1-4,7,16H,5-6,15H2. The third-order valence-electron chi connectivity index (χ3n) is 2.47. The van der Waals surface area contributed by atoms with Gasteiger partial charge in [0, 0.05) is 9.35 Å². The molecule has 20 heavy (non-hydrogen) atoms. The summed E-state index contributed by atoms with van der Waals surface area (Å²) in [5, 5.41) is 0.343. The molecule has 3 N–H and O–H groups in total. The SMILES string of the molecule is NCCc1ccc(S(=O)(=O)Nc2cc(Br)ccc2Cl)s1. The first kappa shape index (κ1) is 15.8. The Bertz CT molecular complexity index is 716. The van der Waals surface area contributed by atoms with Crippen LogP contribution in [-0.4, -0.2) is 15.0 Å². The molecule has 0 atom stereocenters. The van der Waals surface area contributed by atoms with Crippen molar-refractivity contribution in [2.45, 2.75) is 10.6 Å². The van der Waals surface area contributed by atoms with Crippen molar-refractivity contribution in [2.75, 3.05) is 11.3 Å². The molecule has 0 bridgehead atoms. The molecule has 0 aliphatic rings. The molecule has 8 heteroatoms. The summed E-state index contributed by atoms with van der Waals surface area (Å²) in [6, 6.07) is 8.33. The van der Waals surface area contributed by atoms with Crippen LogP contribution in [0.1, 0.15) is 4.88 Å². The second kappa shape index (κ2) is 6.44. The highest BCUT2D eigenvalue weighted by Gasteiger charge is 2.18. The molecule has 0 amide bonds. The molecule has 0 aliphatic heterocycles. The number of hydrogen-bond donors (Lipinski definition) is 2. The lowest BCUT2D eigenvalue weighted by molar-refractivity contribution is 0.603. The zero-order chi connectivity index (χ0) is 14.8. The minimum absolute atomic E-state index is 0.247. The van der Waals surface area contributed by atoms with Crippen molar-refractivity contribution >= 4 is 54.6 Å². The number of rotatable bonds is 5. The summed E-state index contributed by atoms with van der Waals surface area (Å²) in [5.41, 5.74) is 5.80. The molecule has 0 fully saturated rings. The quantitative estimate of drug-likeness (QED) is 0.814. The summed E-state index contributed by atoms with van der Waals surface area (Å²) < 4.78 is 28.0. The molecule has 0 spiro atoms. The lowest BCUT2D eigenvalue weighted by atomic mass is 10.3. The predicted molar refractivity (Wildman–Crippen MR) is 87.0 cm³/mol. The second-order valence-electron chi connectivity index (χ2n) is 3.99. The van der Waals surface area contributed by atoms with Gasteiger partial charge in [0.05, 0.1) is 10.7 Å². The molecular formula is C12H12BrClN2O2S2. The monoisotopic (exact) mass is 394 g/mol. The van der Waals surface area contributed by atoms with Crippen molar-refractivity contribution in [2.24, 2.45) is 5.73 Å². The fourth-order valence-electron chi connectivity index (χ4n) is 1.55. The Balaban J connectivity index is 2.28. The van der Waals surface area contributed by atoms with Crippen LogP contribution in [0.2, 0.25) is 5.02 Å². The summed E-state index contributed by atoms with van der Waals surface area (Å²) >= 11 is 10.5. The molecule has 4 nitrogen and oxygen atoms in total. The number of sulfonamides is 1. The summed E-state index contributed by atoms with van der Waals surface area (Å²) in [6.45, 7) is 0.491. The van der Waals surface area contributed by atoms with Crippen molar-refractivity contribution in [3.63, 3.8) is 0 Å². The third-order valence-corrected chi connectivity index (χ3v) is 6.29. The van der Waals surface area contributed by atoms with Gasteiger partial charge in [0.1, 0.15) is 4.21 Å². The van der Waals surface area contributed by atoms with Crippen molar-refractivity contribution in [3.8, 4) is 0 Å². The van der Waals surface area contributed by atoms with E-state index in [1.807, 2.05) is 0 Å². The van der Waals surface area contributed by atoms with Crippen molar-refractivity contribution in [1.82, 2.24) is 0 Å². The molecule has 2 aromatic rings. The smallest absolute Gasteiger partial charge is 0.271 e. The van der Waals surface area contributed by atoms with E-state index in [-0.39, 0.29) is 4.21 Å². The van der Waals surface area contributed by atoms with E-state index in [0.717, 1.165) is 9.35 Å². The van der Waals surface area contributed by atoms with Gasteiger partial charge in [-0.05, 0) is 43.3 Å². The van der Waals surface area contributed by atoms with E-state index in [2.05, 4.69) is 20.7 Å². The Hall–Kier alpha value is -0.600. The van der Waals surface area contributed by atoms with Gasteiger partial charge < -0.3 is 5.73 Å². The summed E-state index contributed by atoms with van der Waals surface area (Å²) in [6.07, 6.45) is 0.665. The lowest BCUT2D eigenvalue weighted by Gasteiger charge is -2.08. The largest absolute Gasteiger partial charge is 0.330 e. The molecule has 0 unspecified atom stereocenters. The van der Waals surface area contributed by atoms with Gasteiger partial charge in [-0.1, -0.05) is 27.5 Å². The summed E-state index contributed by atoms with van der Waals surface area (Å²) in [4.78, 5) is 0.938. The number of benzene rings is 1. The lowest BCUT2D eigenvalue weighted by Crippen LogP contribution is -2.11. The summed E-state index contributed by atoms with van der Waals surface area (Å²) in [5.74, 6) is 0. The highest BCUT2D eigenvalue weighted by molar-refractivity contribution is 9.10. The van der Waals surface area contributed by atoms with Gasteiger partial charge in [0.15, 0.2) is 0 Å². The molecule has 0 radical (unpaired) electrons. The van der Waals surface area contributed by atoms with Gasteiger partial charge in [-0.3, -0.25) is 4.72 Å². The van der Waals surface area contributed by atoms with Gasteiger partial charge in [-0.25, -0.2) is 8.42 Å². The van der Waals surface area contributed by atoms with Gasteiger partial charge in [-0.15, -0.1) is 11.3 Å². The Morgan fingerprint density at radius 3 is 2.75 bits per heavy atom. The van der Waals surface area contributed by atoms with Crippen LogP contribution in [0.5, 0.6) is 0 Å². The van der Waals surface area contributed by atoms with Crippen LogP contribution in [0, 0.1) is 0 Å². The van der Waals surface area contributed by atoms with Crippen LogP contribution < -0.4 is 10.5 Å². The fraction of sp³-hybridized carbons (Fsp3) is 0.167. The van der Waals surface area contributed by atoms with Gasteiger partial charge in [-0.2, -0.15) is 0 Å². The van der Waals surface area contributed by atoms with Gasteiger partial charge in [0.25, 0.3) is 10.0 Å². The number of halogens is 2. The zero-order valence-electron chi connectivity index (χ0n) is 10.3. The van der Waals surface area contributed by atoms with Crippen LogP contribution in [0.25, 0.3) is 0 Å². The topological polar surface area (TPSA) is 72.2 Å². The maximum Gasteiger partial charge on any atom is 0.271 e. The maximum atomic E-state index is 12.3. The Morgan fingerprint density at radius 1 is 1.30 bits per heavy atom. The normalized spacial score (nSPS) is 11.6. The van der Waals surface area contributed by atoms with Gasteiger partial charge in [0.2, 0.25) is 0 Å². The predicted octanol–water partition coefficient (Wildman–Crippen LogP) is 3.47. The number of hydrogen-bond acceptors (Lipinski definition) is 4. The van der Waals surface area contributed by atoms with Crippen molar-refractivity contribution < 1.29 is 8.42 Å². The van der Waals surface area contributed by atoms with E-state index in [9.17, 15) is 8.42 Å². The van der Waals surface area contributed by atoms with Crippen LogP contribution in [0.4, 0.5) is 5.69 Å². The average Bonchev–Trinajstić information content (AvgIpc) is 2.83. The van der Waals surface area contributed by atoms with E-state index in [1.54, 1.807) is 30.3 Å². The van der Waals surface area contributed by atoms with Crippen LogP contribution in [0.15, 0.2) is 39.0 Å². The highest BCUT2D eigenvalue weighted by atomic mass is 79.9. The number of thiophene rings is 1. The van der Waals surface area contributed by atoms with Crippen LogP contribution in [0.3, 0.4) is 0 Å². The molecule has 108 valence electrons. The van der Waals surface area contributed by atoms with E-state index in [4.69, 9.17) is 17.3 Å². The highest BCUT2D eigenvalue weighted by Crippen LogP contribution is 2.29. The molecule has 0 saturated heterocycles. The molecular weight excluding hydrogens is 384 g/mol. The first-order valence-corrected chi connectivity index (χ1v) is 9.16. The minimum Gasteiger partial charge on any atom is -0.330 e. The molecule has 2 rings (SSSR count). The van der Waals surface area contributed by atoms with Crippen LogP contribution in [-0.2, 0) is 16.4 Å². The zero-order valence-corrected chi connectivity index (χ0v) is 14.2. The number of anilines is 1. The van der Waals surface area contributed by atoms with E-state index >= 15 is 0 Å². The molecule has 1 aromatic heterocycles. The van der Waals surface area contributed by atoms with E-state index in [1.165, 1.54) is 11.3 Å². The van der Waals surface area contributed by atoms with Crippen LogP contribution >= 0.6 is 38.9 Å².